The second kappa shape index (κ2) is 12.6. The lowest BCUT2D eigenvalue weighted by Gasteiger charge is -2.26. The molecule has 1 saturated heterocycles. The topological polar surface area (TPSA) is 81.3 Å². The Hall–Kier alpha value is -2.16. The number of halogens is 3. The lowest BCUT2D eigenvalue weighted by molar-refractivity contribution is -0.135. The molecular weight excluding hydrogens is 426 g/mol. The lowest BCUT2D eigenvalue weighted by atomic mass is 10.1. The summed E-state index contributed by atoms with van der Waals surface area (Å²) in [5.41, 5.74) is 8.95. The molecule has 1 aliphatic rings. The quantitative estimate of drug-likeness (QED) is 0.670. The van der Waals surface area contributed by atoms with Gasteiger partial charge in [0, 0.05) is 43.0 Å². The van der Waals surface area contributed by atoms with Crippen molar-refractivity contribution in [1.29, 1.82) is 0 Å². The molecule has 2 N–H and O–H groups in total. The van der Waals surface area contributed by atoms with Gasteiger partial charge in [0.15, 0.2) is 0 Å². The van der Waals surface area contributed by atoms with Gasteiger partial charge in [0.05, 0.1) is 13.2 Å². The number of hydrogen-bond donors (Lipinski definition) is 1. The van der Waals surface area contributed by atoms with Crippen LogP contribution in [0.25, 0.3) is 0 Å². The number of morpholine rings is 1. The molecule has 0 unspecified atom stereocenters. The maximum atomic E-state index is 12.1. The fraction of sp³-hybridized carbons (Fsp3) is 0.500. The molecule has 1 aromatic heterocycles. The van der Waals surface area contributed by atoms with Gasteiger partial charge in [-0.05, 0) is 48.6 Å². The van der Waals surface area contributed by atoms with Crippen LogP contribution in [0.2, 0.25) is 5.28 Å². The summed E-state index contributed by atoms with van der Waals surface area (Å²) in [6.45, 7) is 6.92. The molecule has 0 saturated carbocycles. The van der Waals surface area contributed by atoms with Crippen molar-refractivity contribution >= 4 is 17.5 Å². The molecule has 1 aromatic carbocycles. The highest BCUT2D eigenvalue weighted by atomic mass is 35.5. The molecule has 6 nitrogen and oxygen atoms in total. The van der Waals surface area contributed by atoms with Crippen LogP contribution < -0.4 is 5.73 Å². The molecular formula is C22H29ClF2N4O2. The minimum Gasteiger partial charge on any atom is -0.378 e. The van der Waals surface area contributed by atoms with Crippen LogP contribution in [0.15, 0.2) is 24.3 Å². The van der Waals surface area contributed by atoms with Crippen molar-refractivity contribution in [3.05, 3.63) is 57.6 Å². The number of ether oxygens (including phenoxy) is 1. The molecule has 0 radical (unpaired) electrons. The molecule has 31 heavy (non-hydrogen) atoms. The van der Waals surface area contributed by atoms with Crippen molar-refractivity contribution in [2.45, 2.75) is 46.1 Å². The molecule has 2 aromatic rings. The number of amides is 1. The zero-order valence-corrected chi connectivity index (χ0v) is 18.7. The van der Waals surface area contributed by atoms with Crippen LogP contribution in [0, 0.1) is 6.92 Å². The molecule has 9 heteroatoms. The van der Waals surface area contributed by atoms with E-state index in [-0.39, 0.29) is 16.8 Å². The summed E-state index contributed by atoms with van der Waals surface area (Å²) in [6, 6.07) is 6.13. The molecule has 0 spiro atoms. The number of alkyl halides is 2. The Labute approximate surface area is 186 Å². The first-order chi connectivity index (χ1) is 14.8. The van der Waals surface area contributed by atoms with E-state index >= 15 is 0 Å². The smallest absolute Gasteiger partial charge is 0.263 e. The van der Waals surface area contributed by atoms with E-state index in [0.29, 0.717) is 45.7 Å². The van der Waals surface area contributed by atoms with Crippen molar-refractivity contribution in [3.63, 3.8) is 0 Å². The number of aromatic nitrogens is 2. The van der Waals surface area contributed by atoms with Crippen LogP contribution in [0.3, 0.4) is 0 Å². The highest BCUT2D eigenvalue weighted by molar-refractivity contribution is 6.28. The predicted molar refractivity (Wildman–Crippen MR) is 116 cm³/mol. The summed E-state index contributed by atoms with van der Waals surface area (Å²) in [6.07, 6.45) is -0.478. The molecule has 1 aliphatic heterocycles. The van der Waals surface area contributed by atoms with Gasteiger partial charge in [-0.15, -0.1) is 0 Å². The highest BCUT2D eigenvalue weighted by Crippen LogP contribution is 2.19. The van der Waals surface area contributed by atoms with E-state index in [1.54, 1.807) is 12.1 Å². The Morgan fingerprint density at radius 3 is 2.61 bits per heavy atom. The molecule has 170 valence electrons. The average Bonchev–Trinajstić information content (AvgIpc) is 2.78. The van der Waals surface area contributed by atoms with Gasteiger partial charge < -0.3 is 15.4 Å². The summed E-state index contributed by atoms with van der Waals surface area (Å²) in [5.74, 6) is 0.155. The largest absolute Gasteiger partial charge is 0.378 e. The van der Waals surface area contributed by atoms with Gasteiger partial charge in [-0.25, -0.2) is 18.7 Å². The molecule has 3 rings (SSSR count). The van der Waals surface area contributed by atoms with E-state index < -0.39 is 6.43 Å². The van der Waals surface area contributed by atoms with E-state index in [1.165, 1.54) is 12.1 Å². The summed E-state index contributed by atoms with van der Waals surface area (Å²) >= 11 is 5.91. The summed E-state index contributed by atoms with van der Waals surface area (Å²) in [5, 5.41) is 0.258. The molecule has 1 amide bonds. The number of nitrogens with zero attached hydrogens (tertiary/aromatic N) is 3. The van der Waals surface area contributed by atoms with Gasteiger partial charge >= 0.3 is 0 Å². The molecule has 0 aliphatic carbocycles. The third kappa shape index (κ3) is 7.79. The molecule has 0 bridgehead atoms. The third-order valence-electron chi connectivity index (χ3n) is 5.00. The van der Waals surface area contributed by atoms with Crippen molar-refractivity contribution in [2.75, 3.05) is 26.3 Å². The van der Waals surface area contributed by atoms with Crippen LogP contribution in [-0.2, 0) is 28.9 Å². The Morgan fingerprint density at radius 1 is 1.29 bits per heavy atom. The maximum Gasteiger partial charge on any atom is 0.263 e. The second-order valence-corrected chi connectivity index (χ2v) is 7.44. The van der Waals surface area contributed by atoms with E-state index in [9.17, 15) is 13.6 Å². The van der Waals surface area contributed by atoms with Crippen molar-refractivity contribution < 1.29 is 18.3 Å². The number of carbonyl (C=O) groups excluding carboxylic acids is 1. The first kappa shape index (κ1) is 25.1. The number of benzene rings is 1. The monoisotopic (exact) mass is 454 g/mol. The average molecular weight is 455 g/mol. The predicted octanol–water partition coefficient (Wildman–Crippen LogP) is 3.88. The zero-order valence-electron chi connectivity index (χ0n) is 17.9. The van der Waals surface area contributed by atoms with Crippen LogP contribution in [0.1, 0.15) is 47.8 Å². The first-order valence-corrected chi connectivity index (χ1v) is 10.7. The Bertz CT molecular complexity index is 861. The van der Waals surface area contributed by atoms with Gasteiger partial charge in [0.1, 0.15) is 0 Å². The molecule has 1 fully saturated rings. The highest BCUT2D eigenvalue weighted by Gasteiger charge is 2.18. The van der Waals surface area contributed by atoms with Crippen LogP contribution in [0.5, 0.6) is 0 Å². The molecule has 2 heterocycles. The van der Waals surface area contributed by atoms with E-state index in [1.807, 2.05) is 11.8 Å². The fourth-order valence-electron chi connectivity index (χ4n) is 3.34. The minimum atomic E-state index is -2.40. The number of hydrogen-bond acceptors (Lipinski definition) is 5. The summed E-state index contributed by atoms with van der Waals surface area (Å²) in [7, 11) is 0. The van der Waals surface area contributed by atoms with E-state index in [2.05, 4.69) is 16.9 Å². The van der Waals surface area contributed by atoms with Crippen molar-refractivity contribution in [3.8, 4) is 0 Å². The van der Waals surface area contributed by atoms with Crippen molar-refractivity contribution in [1.82, 2.24) is 14.9 Å². The summed E-state index contributed by atoms with van der Waals surface area (Å²) < 4.78 is 29.3. The standard InChI is InChI=1S/C14H20ClN3O2.C8H9F2N/c1-3-11-10(2)16-14(15)17-12(11)4-5-13(19)18-6-8-20-9-7-18;9-8(10)7-3-1-2-6(4-7)5-11/h3-9H2,1-2H3;1-4,8H,5,11H2. The minimum absolute atomic E-state index is 0.0351. The van der Waals surface area contributed by atoms with Gasteiger partial charge in [-0.2, -0.15) is 0 Å². The van der Waals surface area contributed by atoms with Gasteiger partial charge in [-0.3, -0.25) is 4.79 Å². The summed E-state index contributed by atoms with van der Waals surface area (Å²) in [4.78, 5) is 22.4. The third-order valence-corrected chi connectivity index (χ3v) is 5.17. The Kier molecular flexibility index (Phi) is 10.2. The number of carbonyl (C=O) groups is 1. The lowest BCUT2D eigenvalue weighted by Crippen LogP contribution is -2.40. The normalized spacial score (nSPS) is 13.7. The maximum absolute atomic E-state index is 12.1. The van der Waals surface area contributed by atoms with E-state index in [4.69, 9.17) is 22.1 Å². The van der Waals surface area contributed by atoms with E-state index in [0.717, 1.165) is 28.9 Å². The second-order valence-electron chi connectivity index (χ2n) is 7.10. The first-order valence-electron chi connectivity index (χ1n) is 10.3. The SMILES string of the molecule is CCc1c(C)nc(Cl)nc1CCC(=O)N1CCOCC1.NCc1cccc(C(F)F)c1. The Morgan fingerprint density at radius 2 is 2.00 bits per heavy atom. The fourth-order valence-corrected chi connectivity index (χ4v) is 3.57. The van der Waals surface area contributed by atoms with Crippen molar-refractivity contribution in [2.24, 2.45) is 5.73 Å². The van der Waals surface area contributed by atoms with Crippen LogP contribution >= 0.6 is 11.6 Å². The van der Waals surface area contributed by atoms with Gasteiger partial charge in [0.2, 0.25) is 11.2 Å². The zero-order chi connectivity index (χ0) is 22.8. The van der Waals surface area contributed by atoms with Crippen LogP contribution in [0.4, 0.5) is 8.78 Å². The van der Waals surface area contributed by atoms with Gasteiger partial charge in [-0.1, -0.05) is 25.1 Å². The number of aryl methyl sites for hydroxylation is 2. The Balaban J connectivity index is 0.000000262. The van der Waals surface area contributed by atoms with Gasteiger partial charge in [0.25, 0.3) is 6.43 Å². The number of rotatable bonds is 6. The molecule has 0 atom stereocenters. The number of nitrogens with two attached hydrogens (primary N) is 1. The van der Waals surface area contributed by atoms with Crippen LogP contribution in [-0.4, -0.2) is 47.1 Å².